The number of aromatic nitrogens is 2. The number of carbonyl (C=O) groups excluding carboxylic acids is 1. The Labute approximate surface area is 194 Å². The van der Waals surface area contributed by atoms with Gasteiger partial charge in [-0.3, -0.25) is 10.1 Å². The van der Waals surface area contributed by atoms with Crippen molar-refractivity contribution in [3.63, 3.8) is 0 Å². The number of thiazole rings is 2. The molecule has 0 bridgehead atoms. The van der Waals surface area contributed by atoms with Crippen LogP contribution in [0.15, 0.2) is 41.3 Å². The predicted molar refractivity (Wildman–Crippen MR) is 129 cm³/mol. The predicted octanol–water partition coefficient (Wildman–Crippen LogP) is 5.03. The van der Waals surface area contributed by atoms with E-state index in [1.54, 1.807) is 27.8 Å². The topological polar surface area (TPSA) is 92.3 Å². The van der Waals surface area contributed by atoms with Gasteiger partial charge in [0.1, 0.15) is 0 Å². The van der Waals surface area contributed by atoms with E-state index in [1.165, 1.54) is 23.5 Å². The number of nitrogens with one attached hydrogen (secondary N) is 1. The number of piperidine rings is 1. The molecule has 1 N–H and O–H groups in total. The van der Waals surface area contributed by atoms with Crippen molar-refractivity contribution in [1.82, 2.24) is 14.3 Å². The van der Waals surface area contributed by atoms with Crippen LogP contribution in [0.5, 0.6) is 0 Å². The van der Waals surface area contributed by atoms with E-state index in [1.807, 2.05) is 26.0 Å². The lowest BCUT2D eigenvalue weighted by atomic mass is 10.1. The molecule has 1 atom stereocenters. The van der Waals surface area contributed by atoms with Crippen molar-refractivity contribution in [3.05, 3.63) is 47.0 Å². The summed E-state index contributed by atoms with van der Waals surface area (Å²) in [5.74, 6) is -0.323. The molecular weight excluding hydrogens is 464 g/mol. The highest BCUT2D eigenvalue weighted by Crippen LogP contribution is 2.36. The number of aryl methyl sites for hydroxylation is 1. The second-order valence-electron chi connectivity index (χ2n) is 7.95. The Morgan fingerprint density at radius 3 is 2.44 bits per heavy atom. The van der Waals surface area contributed by atoms with Crippen LogP contribution >= 0.6 is 22.7 Å². The van der Waals surface area contributed by atoms with Crippen molar-refractivity contribution in [2.24, 2.45) is 0 Å². The third-order valence-electron chi connectivity index (χ3n) is 5.70. The number of anilines is 1. The van der Waals surface area contributed by atoms with E-state index in [0.717, 1.165) is 44.7 Å². The van der Waals surface area contributed by atoms with Crippen molar-refractivity contribution < 1.29 is 13.2 Å². The molecule has 1 unspecified atom stereocenters. The smallest absolute Gasteiger partial charge is 0.257 e. The highest BCUT2D eigenvalue weighted by Gasteiger charge is 2.31. The monoisotopic (exact) mass is 486 g/mol. The summed E-state index contributed by atoms with van der Waals surface area (Å²) in [6.45, 7) is 4.45. The van der Waals surface area contributed by atoms with Crippen LogP contribution in [0.1, 0.15) is 41.6 Å². The molecule has 1 aliphatic heterocycles. The first kappa shape index (κ1) is 21.4. The van der Waals surface area contributed by atoms with Crippen molar-refractivity contribution in [2.75, 3.05) is 11.9 Å². The van der Waals surface area contributed by atoms with E-state index in [9.17, 15) is 13.2 Å². The summed E-state index contributed by atoms with van der Waals surface area (Å²) in [7, 11) is -3.56. The molecule has 0 spiro atoms. The average molecular weight is 487 g/mol. The summed E-state index contributed by atoms with van der Waals surface area (Å²) in [5.41, 5.74) is 2.13. The van der Waals surface area contributed by atoms with Gasteiger partial charge in [0.25, 0.3) is 5.91 Å². The largest absolute Gasteiger partial charge is 0.298 e. The van der Waals surface area contributed by atoms with Crippen LogP contribution in [0.2, 0.25) is 0 Å². The van der Waals surface area contributed by atoms with E-state index in [-0.39, 0.29) is 16.8 Å². The molecule has 0 saturated carbocycles. The zero-order valence-corrected chi connectivity index (χ0v) is 20.1. The Morgan fingerprint density at radius 2 is 1.72 bits per heavy atom. The van der Waals surface area contributed by atoms with Gasteiger partial charge in [0.2, 0.25) is 10.0 Å². The minimum Gasteiger partial charge on any atom is -0.298 e. The van der Waals surface area contributed by atoms with Gasteiger partial charge in [-0.25, -0.2) is 18.4 Å². The van der Waals surface area contributed by atoms with E-state index >= 15 is 0 Å². The lowest BCUT2D eigenvalue weighted by molar-refractivity contribution is 0.102. The van der Waals surface area contributed by atoms with E-state index in [4.69, 9.17) is 0 Å². The molecule has 166 valence electrons. The molecule has 10 heteroatoms. The second-order valence-corrected chi connectivity index (χ2v) is 12.0. The Bertz CT molecular complexity index is 1420. The fourth-order valence-corrected chi connectivity index (χ4v) is 7.75. The Hall–Kier alpha value is -2.40. The normalized spacial score (nSPS) is 17.8. The number of benzene rings is 2. The van der Waals surface area contributed by atoms with E-state index in [2.05, 4.69) is 15.3 Å². The first-order valence-corrected chi connectivity index (χ1v) is 13.5. The molecule has 1 saturated heterocycles. The van der Waals surface area contributed by atoms with Crippen LogP contribution < -0.4 is 5.32 Å². The number of rotatable bonds is 4. The fraction of sp³-hybridized carbons (Fsp3) is 0.318. The molecule has 1 amide bonds. The molecule has 0 aliphatic carbocycles. The number of hydrogen-bond acceptors (Lipinski definition) is 7. The summed E-state index contributed by atoms with van der Waals surface area (Å²) >= 11 is 3.03. The summed E-state index contributed by atoms with van der Waals surface area (Å²) in [5, 5.41) is 4.33. The molecule has 7 nitrogen and oxygen atoms in total. The molecule has 1 aliphatic rings. The number of fused-ring (bicyclic) bond motifs is 3. The number of carbonyl (C=O) groups is 1. The van der Waals surface area contributed by atoms with Gasteiger partial charge in [-0.2, -0.15) is 4.31 Å². The van der Waals surface area contributed by atoms with Gasteiger partial charge < -0.3 is 0 Å². The molecule has 2 aromatic carbocycles. The van der Waals surface area contributed by atoms with Crippen molar-refractivity contribution in [3.8, 4) is 0 Å². The minimum atomic E-state index is -3.56. The highest BCUT2D eigenvalue weighted by atomic mass is 32.2. The molecule has 32 heavy (non-hydrogen) atoms. The summed E-state index contributed by atoms with van der Waals surface area (Å²) in [6, 6.07) is 9.95. The number of hydrogen-bond donors (Lipinski definition) is 1. The van der Waals surface area contributed by atoms with Gasteiger partial charge in [0, 0.05) is 18.2 Å². The summed E-state index contributed by atoms with van der Waals surface area (Å²) in [4.78, 5) is 22.0. The van der Waals surface area contributed by atoms with E-state index < -0.39 is 10.0 Å². The first-order valence-electron chi connectivity index (χ1n) is 10.4. The van der Waals surface area contributed by atoms with Crippen LogP contribution in [-0.4, -0.2) is 41.2 Å². The van der Waals surface area contributed by atoms with Crippen LogP contribution in [0.3, 0.4) is 0 Å². The highest BCUT2D eigenvalue weighted by molar-refractivity contribution is 7.89. The van der Waals surface area contributed by atoms with Crippen LogP contribution in [0.4, 0.5) is 5.13 Å². The molecule has 2 aromatic heterocycles. The maximum absolute atomic E-state index is 13.0. The van der Waals surface area contributed by atoms with Crippen LogP contribution in [0.25, 0.3) is 20.4 Å². The molecule has 3 heterocycles. The van der Waals surface area contributed by atoms with Crippen molar-refractivity contribution >= 4 is 64.2 Å². The third kappa shape index (κ3) is 3.81. The number of nitrogens with zero attached hydrogens (tertiary/aromatic N) is 3. The molecule has 4 aromatic rings. The van der Waals surface area contributed by atoms with E-state index in [0.29, 0.717) is 17.2 Å². The Kier molecular flexibility index (Phi) is 5.48. The number of amides is 1. The van der Waals surface area contributed by atoms with Crippen molar-refractivity contribution in [1.29, 1.82) is 0 Å². The zero-order valence-electron chi connectivity index (χ0n) is 17.7. The molecular formula is C22H22N4O3S3. The molecule has 5 rings (SSSR count). The average Bonchev–Trinajstić information content (AvgIpc) is 3.36. The molecule has 1 fully saturated rings. The first-order chi connectivity index (χ1) is 15.3. The summed E-state index contributed by atoms with van der Waals surface area (Å²) < 4.78 is 29.6. The Morgan fingerprint density at radius 1 is 1.03 bits per heavy atom. The summed E-state index contributed by atoms with van der Waals surface area (Å²) in [6.07, 6.45) is 2.79. The second kappa shape index (κ2) is 8.18. The van der Waals surface area contributed by atoms with Gasteiger partial charge in [-0.05, 0) is 63.1 Å². The Balaban J connectivity index is 1.36. The maximum atomic E-state index is 13.0. The molecule has 0 radical (unpaired) electrons. The lowest BCUT2D eigenvalue weighted by Crippen LogP contribution is -2.41. The van der Waals surface area contributed by atoms with Gasteiger partial charge in [0.15, 0.2) is 5.13 Å². The number of sulfonamides is 1. The van der Waals surface area contributed by atoms with Gasteiger partial charge in [-0.1, -0.05) is 17.8 Å². The zero-order chi connectivity index (χ0) is 22.5. The minimum absolute atomic E-state index is 0.00967. The van der Waals surface area contributed by atoms with Crippen molar-refractivity contribution in [2.45, 2.75) is 44.0 Å². The SMILES string of the molecule is Cc1nc2ccc3nc(NC(=O)c4ccc(S(=O)(=O)N5CCCCC5C)cc4)sc3c2s1. The quantitative estimate of drug-likeness (QED) is 0.437. The van der Waals surface area contributed by atoms with Crippen LogP contribution in [0, 0.1) is 6.92 Å². The fourth-order valence-electron chi connectivity index (χ4n) is 4.05. The standard InChI is InChI=1S/C22H22N4O3S3/c1-13-5-3-4-12-26(13)32(28,29)16-8-6-15(7-9-16)21(27)25-22-24-18-11-10-17-19(20(18)31-22)30-14(2)23-17/h6-11,13H,3-5,12H2,1-2H3,(H,24,25,27). The van der Waals surface area contributed by atoms with Crippen LogP contribution in [-0.2, 0) is 10.0 Å². The van der Waals surface area contributed by atoms with Gasteiger partial charge >= 0.3 is 0 Å². The lowest BCUT2D eigenvalue weighted by Gasteiger charge is -2.32. The third-order valence-corrected chi connectivity index (χ3v) is 9.87. The van der Waals surface area contributed by atoms with Gasteiger partial charge in [0.05, 0.1) is 30.3 Å². The maximum Gasteiger partial charge on any atom is 0.257 e. The van der Waals surface area contributed by atoms with Gasteiger partial charge in [-0.15, -0.1) is 11.3 Å².